The lowest BCUT2D eigenvalue weighted by atomic mass is 9.93. The van der Waals surface area contributed by atoms with Crippen LogP contribution in [0.25, 0.3) is 20.8 Å². The van der Waals surface area contributed by atoms with Crippen LogP contribution in [0.15, 0.2) is 6.07 Å². The van der Waals surface area contributed by atoms with E-state index in [9.17, 15) is 20.5 Å². The number of aryl methyl sites for hydroxylation is 3. The highest BCUT2D eigenvalue weighted by Gasteiger charge is 2.41. The van der Waals surface area contributed by atoms with E-state index in [-0.39, 0.29) is 6.61 Å². The van der Waals surface area contributed by atoms with Gasteiger partial charge in [0, 0.05) is 43.2 Å². The molecule has 3 heterocycles. The number of hydrogen-bond donors (Lipinski definition) is 6. The zero-order chi connectivity index (χ0) is 24.1. The van der Waals surface area contributed by atoms with Crippen LogP contribution in [-0.2, 0) is 0 Å². The summed E-state index contributed by atoms with van der Waals surface area (Å²) >= 11 is 1.49. The first kappa shape index (κ1) is 23.2. The number of aliphatic hydroxyl groups excluding tert-OH is 3. The van der Waals surface area contributed by atoms with Crippen molar-refractivity contribution in [2.24, 2.45) is 5.92 Å². The van der Waals surface area contributed by atoms with E-state index in [1.807, 2.05) is 26.8 Å². The number of nitrogens with one attached hydrogen (secondary N) is 2. The van der Waals surface area contributed by atoms with Crippen molar-refractivity contribution < 1.29 is 25.3 Å². The van der Waals surface area contributed by atoms with Crippen LogP contribution in [0.3, 0.4) is 0 Å². The van der Waals surface area contributed by atoms with Gasteiger partial charge in [0.05, 0.1) is 28.1 Å². The van der Waals surface area contributed by atoms with Gasteiger partial charge in [0.25, 0.3) is 5.69 Å². The highest BCUT2D eigenvalue weighted by atomic mass is 32.1. The second-order valence-electron chi connectivity index (χ2n) is 9.45. The number of pyridine rings is 1. The van der Waals surface area contributed by atoms with Crippen LogP contribution in [-0.4, -0.2) is 66.4 Å². The van der Waals surface area contributed by atoms with Gasteiger partial charge in [0.15, 0.2) is 5.52 Å². The summed E-state index contributed by atoms with van der Waals surface area (Å²) in [4.78, 5) is 14.3. The standard InChI is InChI=1S/C23H31N6O4S/c1-10-7-16-18(12(3)29(10)33)27-22(34-16)17-11(2)24-23(25-14-5-4-6-14)28-21(17)26-15-8-13(9-30)19(31)20(15)32/h7,13-15,19-20,30-33H,4-6,8-9H2,1-3H3,(H2,24,25,26,28)/q+1/t13-,15-,19-,20+/m1/s1. The summed E-state index contributed by atoms with van der Waals surface area (Å²) in [5.41, 5.74) is 3.51. The Bertz CT molecular complexity index is 1230. The number of thiazole rings is 1. The van der Waals surface area contributed by atoms with E-state index in [1.165, 1.54) is 17.8 Å². The van der Waals surface area contributed by atoms with Gasteiger partial charge in [-0.3, -0.25) is 5.21 Å². The SMILES string of the molecule is Cc1nc(NC2CCC2)nc(N[C@@H]2C[C@H](CO)[C@@H](O)[C@H]2O)c1-c1nc2c(C)[n+](O)c(C)cc2s1. The molecule has 3 aromatic rings. The third-order valence-corrected chi connectivity index (χ3v) is 8.11. The maximum atomic E-state index is 10.6. The molecule has 5 rings (SSSR count). The maximum Gasteiger partial charge on any atom is 0.258 e. The minimum absolute atomic E-state index is 0.196. The predicted octanol–water partition coefficient (Wildman–Crippen LogP) is 1.68. The summed E-state index contributed by atoms with van der Waals surface area (Å²) in [6.45, 7) is 5.36. The quantitative estimate of drug-likeness (QED) is 0.226. The van der Waals surface area contributed by atoms with E-state index < -0.39 is 24.2 Å². The molecule has 2 saturated carbocycles. The van der Waals surface area contributed by atoms with Crippen molar-refractivity contribution in [1.29, 1.82) is 0 Å². The largest absolute Gasteiger partial charge is 0.396 e. The number of hydrogen-bond acceptors (Lipinski definition) is 10. The van der Waals surface area contributed by atoms with Crippen LogP contribution in [0.5, 0.6) is 0 Å². The predicted molar refractivity (Wildman–Crippen MR) is 128 cm³/mol. The van der Waals surface area contributed by atoms with Gasteiger partial charge in [0.1, 0.15) is 16.9 Å². The van der Waals surface area contributed by atoms with Gasteiger partial charge < -0.3 is 26.0 Å². The van der Waals surface area contributed by atoms with E-state index in [4.69, 9.17) is 15.0 Å². The lowest BCUT2D eigenvalue weighted by Crippen LogP contribution is -2.37. The number of rotatable bonds is 6. The first-order valence-corrected chi connectivity index (χ1v) is 12.5. The summed E-state index contributed by atoms with van der Waals surface area (Å²) in [6, 6.07) is 1.76. The molecule has 10 nitrogen and oxygen atoms in total. The van der Waals surface area contributed by atoms with Gasteiger partial charge in [-0.25, -0.2) is 9.97 Å². The van der Waals surface area contributed by atoms with Crippen molar-refractivity contribution in [2.75, 3.05) is 17.2 Å². The zero-order valence-electron chi connectivity index (χ0n) is 19.5. The average Bonchev–Trinajstić information content (AvgIpc) is 3.30. The van der Waals surface area contributed by atoms with Gasteiger partial charge in [-0.15, -0.1) is 11.3 Å². The van der Waals surface area contributed by atoms with Crippen LogP contribution in [0.4, 0.5) is 11.8 Å². The molecule has 0 aromatic carbocycles. The molecule has 3 aromatic heterocycles. The fourth-order valence-corrected chi connectivity index (χ4v) is 5.98. The Hall–Kier alpha value is -2.60. The second kappa shape index (κ2) is 8.88. The number of fused-ring (bicyclic) bond motifs is 1. The Morgan fingerprint density at radius 3 is 2.50 bits per heavy atom. The molecule has 2 fully saturated rings. The summed E-state index contributed by atoms with van der Waals surface area (Å²) in [7, 11) is 0. The zero-order valence-corrected chi connectivity index (χ0v) is 20.3. The van der Waals surface area contributed by atoms with Gasteiger partial charge >= 0.3 is 0 Å². The third kappa shape index (κ3) is 3.96. The molecule has 0 saturated heterocycles. The van der Waals surface area contributed by atoms with Crippen molar-refractivity contribution in [2.45, 2.75) is 70.7 Å². The number of aromatic nitrogens is 4. The molecule has 6 N–H and O–H groups in total. The lowest BCUT2D eigenvalue weighted by Gasteiger charge is -2.27. The van der Waals surface area contributed by atoms with Crippen LogP contribution in [0.2, 0.25) is 0 Å². The van der Waals surface area contributed by atoms with Crippen molar-refractivity contribution in [3.8, 4) is 10.6 Å². The number of nitrogens with zero attached hydrogens (tertiary/aromatic N) is 4. The smallest absolute Gasteiger partial charge is 0.258 e. The minimum Gasteiger partial charge on any atom is -0.396 e. The summed E-state index contributed by atoms with van der Waals surface area (Å²) in [5, 5.41) is 48.2. The van der Waals surface area contributed by atoms with E-state index in [0.717, 1.165) is 33.5 Å². The molecule has 0 radical (unpaired) electrons. The van der Waals surface area contributed by atoms with Gasteiger partial charge in [0.2, 0.25) is 11.6 Å². The maximum absolute atomic E-state index is 10.6. The molecule has 4 atom stereocenters. The average molecular weight is 488 g/mol. The monoisotopic (exact) mass is 487 g/mol. The molecule has 0 aliphatic heterocycles. The molecule has 0 unspecified atom stereocenters. The Morgan fingerprint density at radius 2 is 1.85 bits per heavy atom. The van der Waals surface area contributed by atoms with Crippen molar-refractivity contribution in [3.63, 3.8) is 0 Å². The fourth-order valence-electron chi connectivity index (χ4n) is 4.77. The molecule has 2 aliphatic carbocycles. The molecular weight excluding hydrogens is 456 g/mol. The molecular formula is C23H31N6O4S+. The number of aliphatic hydroxyl groups is 3. The number of anilines is 2. The molecule has 11 heteroatoms. The van der Waals surface area contributed by atoms with Gasteiger partial charge in [-0.1, -0.05) is 0 Å². The summed E-state index contributed by atoms with van der Waals surface area (Å²) < 4.78 is 2.07. The summed E-state index contributed by atoms with van der Waals surface area (Å²) in [6.07, 6.45) is 1.72. The Labute approximate surface area is 201 Å². The molecule has 34 heavy (non-hydrogen) atoms. The molecule has 0 spiro atoms. The highest BCUT2D eigenvalue weighted by Crippen LogP contribution is 2.39. The summed E-state index contributed by atoms with van der Waals surface area (Å²) in [5.74, 6) is 0.635. The first-order valence-electron chi connectivity index (χ1n) is 11.7. The van der Waals surface area contributed by atoms with Gasteiger partial charge in [-0.2, -0.15) is 4.98 Å². The van der Waals surface area contributed by atoms with E-state index in [2.05, 4.69) is 10.6 Å². The van der Waals surface area contributed by atoms with Crippen LogP contribution < -0.4 is 15.4 Å². The minimum atomic E-state index is -1.03. The lowest BCUT2D eigenvalue weighted by molar-refractivity contribution is -0.911. The molecule has 2 aliphatic rings. The van der Waals surface area contributed by atoms with Crippen LogP contribution in [0.1, 0.15) is 42.8 Å². The van der Waals surface area contributed by atoms with Gasteiger partial charge in [-0.05, 0) is 32.6 Å². The fraction of sp³-hybridized carbons (Fsp3) is 0.565. The molecule has 0 amide bonds. The molecule has 0 bridgehead atoms. The topological polar surface area (TPSA) is 148 Å². The third-order valence-electron chi connectivity index (χ3n) is 7.09. The Balaban J connectivity index is 1.58. The second-order valence-corrected chi connectivity index (χ2v) is 10.5. The van der Waals surface area contributed by atoms with E-state index in [1.54, 1.807) is 0 Å². The van der Waals surface area contributed by atoms with E-state index in [0.29, 0.717) is 46.1 Å². The van der Waals surface area contributed by atoms with Crippen LogP contribution in [0, 0.1) is 26.7 Å². The van der Waals surface area contributed by atoms with Crippen molar-refractivity contribution >= 4 is 33.3 Å². The van der Waals surface area contributed by atoms with Crippen molar-refractivity contribution in [1.82, 2.24) is 15.0 Å². The normalized spacial score (nSPS) is 25.0. The first-order chi connectivity index (χ1) is 16.3. The van der Waals surface area contributed by atoms with E-state index >= 15 is 0 Å². The Kier molecular flexibility index (Phi) is 6.05. The van der Waals surface area contributed by atoms with Crippen LogP contribution >= 0.6 is 11.3 Å². The Morgan fingerprint density at radius 1 is 1.09 bits per heavy atom. The molecule has 182 valence electrons. The highest BCUT2D eigenvalue weighted by molar-refractivity contribution is 7.21. The van der Waals surface area contributed by atoms with Crippen molar-refractivity contribution in [3.05, 3.63) is 23.1 Å².